The quantitative estimate of drug-likeness (QED) is 0.561. The number of carbonyl (C=O) groups is 2. The fourth-order valence-corrected chi connectivity index (χ4v) is 6.19. The number of thiazole rings is 1. The standard InChI is InChI=1S/C20H31N3O4S2/c1-27-16-9-7-15(8-10-16)23(14-5-3-2-4-6-14)20(26)22-19-21-13-18(29-19)28-12-11-17(24)25/h13-16H,2-12H2,1H3,(H,24,25)(H,21,22,26)/t15-,16-. The summed E-state index contributed by atoms with van der Waals surface area (Å²) in [4.78, 5) is 30.3. The number of carboxylic acids is 1. The molecule has 0 atom stereocenters. The maximum absolute atomic E-state index is 13.2. The molecule has 162 valence electrons. The van der Waals surface area contributed by atoms with E-state index in [0.29, 0.717) is 23.0 Å². The lowest BCUT2D eigenvalue weighted by molar-refractivity contribution is -0.136. The van der Waals surface area contributed by atoms with Gasteiger partial charge in [0.25, 0.3) is 0 Å². The van der Waals surface area contributed by atoms with Crippen LogP contribution in [0.15, 0.2) is 10.4 Å². The van der Waals surface area contributed by atoms with E-state index in [1.165, 1.54) is 42.4 Å². The Bertz CT molecular complexity index is 670. The molecule has 2 aliphatic carbocycles. The number of hydrogen-bond donors (Lipinski definition) is 2. The Kier molecular flexibility index (Phi) is 8.62. The van der Waals surface area contributed by atoms with E-state index in [1.807, 2.05) is 0 Å². The second kappa shape index (κ2) is 11.2. The SMILES string of the molecule is CO[C@H]1CC[C@H](N(C(=O)Nc2ncc(SCCC(=O)O)s2)C2CCCCC2)CC1. The largest absolute Gasteiger partial charge is 0.481 e. The van der Waals surface area contributed by atoms with Crippen LogP contribution in [0.2, 0.25) is 0 Å². The van der Waals surface area contributed by atoms with E-state index in [0.717, 1.165) is 42.7 Å². The van der Waals surface area contributed by atoms with Crippen LogP contribution in [-0.2, 0) is 9.53 Å². The van der Waals surface area contributed by atoms with Crippen molar-refractivity contribution in [1.29, 1.82) is 0 Å². The Balaban J connectivity index is 1.62. The molecule has 3 rings (SSSR count). The van der Waals surface area contributed by atoms with Gasteiger partial charge in [0.2, 0.25) is 0 Å². The Morgan fingerprint density at radius 2 is 1.90 bits per heavy atom. The molecule has 7 nitrogen and oxygen atoms in total. The van der Waals surface area contributed by atoms with Gasteiger partial charge in [-0.15, -0.1) is 11.8 Å². The van der Waals surface area contributed by atoms with Crippen molar-refractivity contribution < 1.29 is 19.4 Å². The highest BCUT2D eigenvalue weighted by atomic mass is 32.2. The smallest absolute Gasteiger partial charge is 0.324 e. The van der Waals surface area contributed by atoms with Crippen LogP contribution in [0.3, 0.4) is 0 Å². The first-order chi connectivity index (χ1) is 14.1. The monoisotopic (exact) mass is 441 g/mol. The lowest BCUT2D eigenvalue weighted by Crippen LogP contribution is -2.51. The number of carbonyl (C=O) groups excluding carboxylic acids is 1. The number of methoxy groups -OCH3 is 1. The minimum atomic E-state index is -0.804. The molecule has 0 saturated heterocycles. The maximum Gasteiger partial charge on any atom is 0.324 e. The van der Waals surface area contributed by atoms with Gasteiger partial charge in [-0.25, -0.2) is 9.78 Å². The number of ether oxygens (including phenoxy) is 1. The molecule has 1 aromatic heterocycles. The van der Waals surface area contributed by atoms with Crippen LogP contribution in [0.4, 0.5) is 9.93 Å². The highest BCUT2D eigenvalue weighted by Gasteiger charge is 2.34. The van der Waals surface area contributed by atoms with Crippen LogP contribution in [0.1, 0.15) is 64.2 Å². The van der Waals surface area contributed by atoms with Crippen molar-refractivity contribution in [3.63, 3.8) is 0 Å². The summed E-state index contributed by atoms with van der Waals surface area (Å²) < 4.78 is 6.43. The number of urea groups is 1. The zero-order valence-electron chi connectivity index (χ0n) is 17.0. The van der Waals surface area contributed by atoms with Gasteiger partial charge < -0.3 is 14.7 Å². The summed E-state index contributed by atoms with van der Waals surface area (Å²) in [5, 5.41) is 12.4. The van der Waals surface area contributed by atoms with Crippen LogP contribution in [-0.4, -0.2) is 58.0 Å². The molecule has 2 saturated carbocycles. The van der Waals surface area contributed by atoms with Crippen LogP contribution >= 0.6 is 23.1 Å². The summed E-state index contributed by atoms with van der Waals surface area (Å²) in [5.74, 6) is -0.302. The van der Waals surface area contributed by atoms with Gasteiger partial charge >= 0.3 is 12.0 Å². The Morgan fingerprint density at radius 3 is 2.55 bits per heavy atom. The van der Waals surface area contributed by atoms with Crippen LogP contribution in [0.5, 0.6) is 0 Å². The summed E-state index contributed by atoms with van der Waals surface area (Å²) in [6.07, 6.45) is 11.9. The molecule has 2 amide bonds. The Morgan fingerprint density at radius 1 is 1.21 bits per heavy atom. The Labute approximate surface area is 180 Å². The first-order valence-electron chi connectivity index (χ1n) is 10.5. The highest BCUT2D eigenvalue weighted by Crippen LogP contribution is 2.33. The van der Waals surface area contributed by atoms with Crippen LogP contribution < -0.4 is 5.32 Å². The minimum Gasteiger partial charge on any atom is -0.481 e. The van der Waals surface area contributed by atoms with Crippen molar-refractivity contribution in [2.75, 3.05) is 18.2 Å². The van der Waals surface area contributed by atoms with Gasteiger partial charge in [0.1, 0.15) is 0 Å². The number of aliphatic carboxylic acids is 1. The van der Waals surface area contributed by atoms with Gasteiger partial charge in [-0.05, 0) is 38.5 Å². The fourth-order valence-electron chi connectivity index (χ4n) is 4.33. The Hall–Kier alpha value is -1.32. The number of nitrogens with zero attached hydrogens (tertiary/aromatic N) is 2. The minimum absolute atomic E-state index is 0.0470. The molecule has 0 aromatic carbocycles. The van der Waals surface area contributed by atoms with Gasteiger partial charge in [0.05, 0.1) is 22.9 Å². The number of aromatic nitrogens is 1. The van der Waals surface area contributed by atoms with E-state index in [1.54, 1.807) is 13.3 Å². The number of amides is 2. The fraction of sp³-hybridized carbons (Fsp3) is 0.750. The molecule has 0 bridgehead atoms. The number of rotatable bonds is 8. The van der Waals surface area contributed by atoms with Crippen molar-refractivity contribution in [2.45, 2.75) is 86.6 Å². The zero-order valence-corrected chi connectivity index (χ0v) is 18.6. The zero-order chi connectivity index (χ0) is 20.6. The van der Waals surface area contributed by atoms with Crippen molar-refractivity contribution in [1.82, 2.24) is 9.88 Å². The summed E-state index contributed by atoms with van der Waals surface area (Å²) >= 11 is 2.87. The number of carboxylic acid groups (broad SMARTS) is 1. The molecule has 2 aliphatic rings. The first-order valence-corrected chi connectivity index (χ1v) is 12.3. The summed E-state index contributed by atoms with van der Waals surface area (Å²) in [7, 11) is 1.77. The number of thioether (sulfide) groups is 1. The van der Waals surface area contributed by atoms with E-state index >= 15 is 0 Å². The van der Waals surface area contributed by atoms with Gasteiger partial charge in [-0.1, -0.05) is 30.6 Å². The molecule has 1 heterocycles. The van der Waals surface area contributed by atoms with Crippen molar-refractivity contribution in [2.24, 2.45) is 0 Å². The van der Waals surface area contributed by atoms with Gasteiger partial charge in [-0.3, -0.25) is 10.1 Å². The molecule has 0 unspecified atom stereocenters. The predicted octanol–water partition coefficient (Wildman–Crippen LogP) is 4.83. The molecule has 29 heavy (non-hydrogen) atoms. The lowest BCUT2D eigenvalue weighted by atomic mass is 9.88. The third-order valence-electron chi connectivity index (χ3n) is 5.83. The normalized spacial score (nSPS) is 22.9. The van der Waals surface area contributed by atoms with E-state index in [2.05, 4.69) is 15.2 Å². The number of anilines is 1. The second-order valence-electron chi connectivity index (χ2n) is 7.77. The maximum atomic E-state index is 13.2. The molecule has 2 N–H and O–H groups in total. The van der Waals surface area contributed by atoms with E-state index < -0.39 is 5.97 Å². The lowest BCUT2D eigenvalue weighted by Gasteiger charge is -2.42. The van der Waals surface area contributed by atoms with Gasteiger partial charge in [0.15, 0.2) is 5.13 Å². The third-order valence-corrected chi connectivity index (χ3v) is 7.94. The second-order valence-corrected chi connectivity index (χ2v) is 10.2. The summed E-state index contributed by atoms with van der Waals surface area (Å²) in [6, 6.07) is 0.514. The van der Waals surface area contributed by atoms with Crippen molar-refractivity contribution in [3.8, 4) is 0 Å². The molecule has 9 heteroatoms. The molecule has 0 aliphatic heterocycles. The van der Waals surface area contributed by atoms with Crippen LogP contribution in [0, 0.1) is 0 Å². The van der Waals surface area contributed by atoms with Gasteiger partial charge in [-0.2, -0.15) is 0 Å². The molecular formula is C20H31N3O4S2. The molecule has 0 radical (unpaired) electrons. The molecule has 2 fully saturated rings. The third kappa shape index (κ3) is 6.58. The van der Waals surface area contributed by atoms with Crippen molar-refractivity contribution in [3.05, 3.63) is 6.20 Å². The van der Waals surface area contributed by atoms with Crippen molar-refractivity contribution >= 4 is 40.2 Å². The van der Waals surface area contributed by atoms with E-state index in [9.17, 15) is 9.59 Å². The summed E-state index contributed by atoms with van der Waals surface area (Å²) in [5.41, 5.74) is 0. The summed E-state index contributed by atoms with van der Waals surface area (Å²) in [6.45, 7) is 0. The molecular weight excluding hydrogens is 410 g/mol. The van der Waals surface area contributed by atoms with Crippen LogP contribution in [0.25, 0.3) is 0 Å². The number of hydrogen-bond acceptors (Lipinski definition) is 6. The highest BCUT2D eigenvalue weighted by molar-refractivity contribution is 8.01. The van der Waals surface area contributed by atoms with Gasteiger partial charge in [0, 0.05) is 24.9 Å². The van der Waals surface area contributed by atoms with E-state index in [-0.39, 0.29) is 18.5 Å². The van der Waals surface area contributed by atoms with E-state index in [4.69, 9.17) is 9.84 Å². The predicted molar refractivity (Wildman–Crippen MR) is 116 cm³/mol. The average molecular weight is 442 g/mol. The number of nitrogens with one attached hydrogen (secondary N) is 1. The first kappa shape index (κ1) is 22.4. The molecule has 1 aromatic rings. The topological polar surface area (TPSA) is 91.8 Å². The molecule has 0 spiro atoms. The average Bonchev–Trinajstić information content (AvgIpc) is 3.16.